The number of nitrogens with zero attached hydrogens (tertiary/aromatic N) is 3. The lowest BCUT2D eigenvalue weighted by Gasteiger charge is -2.20. The van der Waals surface area contributed by atoms with Gasteiger partial charge in [0.25, 0.3) is 5.91 Å². The van der Waals surface area contributed by atoms with Gasteiger partial charge in [0, 0.05) is 42.0 Å². The van der Waals surface area contributed by atoms with Crippen molar-refractivity contribution >= 4 is 34.0 Å². The van der Waals surface area contributed by atoms with Crippen LogP contribution >= 0.6 is 0 Å². The fourth-order valence-electron chi connectivity index (χ4n) is 3.64. The number of ether oxygens (including phenoxy) is 1. The molecule has 0 bridgehead atoms. The van der Waals surface area contributed by atoms with E-state index in [1.54, 1.807) is 18.5 Å². The average Bonchev–Trinajstić information content (AvgIpc) is 2.80. The monoisotopic (exact) mass is 469 g/mol. The van der Waals surface area contributed by atoms with Crippen LogP contribution in [0.1, 0.15) is 36.7 Å². The Morgan fingerprint density at radius 1 is 0.971 bits per heavy atom. The van der Waals surface area contributed by atoms with Crippen LogP contribution in [0.3, 0.4) is 0 Å². The standard InChI is InChI=1S/C28H31N5O2/c1-18-14-20(31-26-23-16-21(33(5)6)11-12-24(23)29-17-30-26)10-13-25(18)35-22-9-7-8-19(15-22)27(34)32-28(2,3)4/h7-17H,1-6H3,(H,32,34)(H,29,30,31). The van der Waals surface area contributed by atoms with E-state index < -0.39 is 0 Å². The summed E-state index contributed by atoms with van der Waals surface area (Å²) in [4.78, 5) is 23.4. The summed E-state index contributed by atoms with van der Waals surface area (Å²) >= 11 is 0. The van der Waals surface area contributed by atoms with E-state index in [-0.39, 0.29) is 11.4 Å². The van der Waals surface area contributed by atoms with Crippen molar-refractivity contribution in [3.63, 3.8) is 0 Å². The highest BCUT2D eigenvalue weighted by molar-refractivity contribution is 5.95. The molecule has 3 aromatic carbocycles. The average molecular weight is 470 g/mol. The highest BCUT2D eigenvalue weighted by Crippen LogP contribution is 2.31. The molecule has 0 aliphatic carbocycles. The smallest absolute Gasteiger partial charge is 0.251 e. The number of nitrogens with one attached hydrogen (secondary N) is 2. The number of anilines is 3. The third-order valence-electron chi connectivity index (χ3n) is 5.39. The predicted molar refractivity (Wildman–Crippen MR) is 142 cm³/mol. The second kappa shape index (κ2) is 9.62. The molecule has 0 radical (unpaired) electrons. The van der Waals surface area contributed by atoms with Crippen LogP contribution in [0, 0.1) is 6.92 Å². The molecule has 180 valence electrons. The summed E-state index contributed by atoms with van der Waals surface area (Å²) in [6.45, 7) is 7.85. The normalized spacial score (nSPS) is 11.3. The van der Waals surface area contributed by atoms with Crippen LogP contribution in [0.5, 0.6) is 11.5 Å². The molecule has 4 aromatic rings. The van der Waals surface area contributed by atoms with Crippen LogP contribution in [0.15, 0.2) is 67.0 Å². The van der Waals surface area contributed by atoms with Crippen molar-refractivity contribution in [2.75, 3.05) is 24.3 Å². The number of rotatable bonds is 6. The molecule has 7 nitrogen and oxygen atoms in total. The zero-order chi connectivity index (χ0) is 25.2. The lowest BCUT2D eigenvalue weighted by atomic mass is 10.1. The Bertz CT molecular complexity index is 1380. The Hall–Kier alpha value is -4.13. The van der Waals surface area contributed by atoms with Crippen molar-refractivity contribution in [1.82, 2.24) is 15.3 Å². The van der Waals surface area contributed by atoms with E-state index in [1.165, 1.54) is 0 Å². The Labute approximate surface area is 206 Å². The Kier molecular flexibility index (Phi) is 6.60. The van der Waals surface area contributed by atoms with E-state index >= 15 is 0 Å². The number of hydrogen-bond acceptors (Lipinski definition) is 6. The Morgan fingerprint density at radius 2 is 1.77 bits per heavy atom. The van der Waals surface area contributed by atoms with Crippen LogP contribution in [0.4, 0.5) is 17.2 Å². The Balaban J connectivity index is 1.54. The van der Waals surface area contributed by atoms with Gasteiger partial charge in [-0.2, -0.15) is 0 Å². The molecule has 35 heavy (non-hydrogen) atoms. The molecule has 0 aliphatic rings. The topological polar surface area (TPSA) is 79.4 Å². The Morgan fingerprint density at radius 3 is 2.49 bits per heavy atom. The third-order valence-corrected chi connectivity index (χ3v) is 5.39. The number of carbonyl (C=O) groups excluding carboxylic acids is 1. The summed E-state index contributed by atoms with van der Waals surface area (Å²) in [5.74, 6) is 1.93. The largest absolute Gasteiger partial charge is 0.457 e. The van der Waals surface area contributed by atoms with Crippen molar-refractivity contribution in [1.29, 1.82) is 0 Å². The van der Waals surface area contributed by atoms with E-state index in [9.17, 15) is 4.79 Å². The summed E-state index contributed by atoms with van der Waals surface area (Å²) in [7, 11) is 4.01. The minimum absolute atomic E-state index is 0.131. The molecule has 0 saturated carbocycles. The summed E-state index contributed by atoms with van der Waals surface area (Å²) in [6.07, 6.45) is 1.56. The molecule has 0 fully saturated rings. The van der Waals surface area contributed by atoms with Gasteiger partial charge >= 0.3 is 0 Å². The van der Waals surface area contributed by atoms with Gasteiger partial charge in [-0.1, -0.05) is 6.07 Å². The highest BCUT2D eigenvalue weighted by Gasteiger charge is 2.16. The first-order chi connectivity index (χ1) is 16.6. The van der Waals surface area contributed by atoms with Crippen LogP contribution in [0.2, 0.25) is 0 Å². The van der Waals surface area contributed by atoms with Gasteiger partial charge in [0.2, 0.25) is 0 Å². The highest BCUT2D eigenvalue weighted by atomic mass is 16.5. The first kappa shape index (κ1) is 24.0. The third kappa shape index (κ3) is 5.87. The summed E-state index contributed by atoms with van der Waals surface area (Å²) in [5.41, 5.74) is 4.04. The number of benzene rings is 3. The molecular weight excluding hydrogens is 438 g/mol. The van der Waals surface area contributed by atoms with Crippen molar-refractivity contribution in [2.45, 2.75) is 33.2 Å². The maximum Gasteiger partial charge on any atom is 0.251 e. The van der Waals surface area contributed by atoms with Gasteiger partial charge < -0.3 is 20.3 Å². The van der Waals surface area contributed by atoms with E-state index in [1.807, 2.05) is 89.2 Å². The SMILES string of the molecule is Cc1cc(Nc2ncnc3ccc(N(C)C)cc23)ccc1Oc1cccc(C(=O)NC(C)(C)C)c1. The van der Waals surface area contributed by atoms with Gasteiger partial charge in [-0.15, -0.1) is 0 Å². The molecule has 0 atom stereocenters. The predicted octanol–water partition coefficient (Wildman–Crippen LogP) is 6.07. The number of aromatic nitrogens is 2. The van der Waals surface area contributed by atoms with Crippen LogP contribution in [0.25, 0.3) is 10.9 Å². The molecule has 4 rings (SSSR count). The minimum Gasteiger partial charge on any atom is -0.457 e. The van der Waals surface area contributed by atoms with Crippen LogP contribution in [-0.4, -0.2) is 35.5 Å². The van der Waals surface area contributed by atoms with Crippen LogP contribution < -0.4 is 20.3 Å². The molecule has 0 unspecified atom stereocenters. The summed E-state index contributed by atoms with van der Waals surface area (Å²) in [6, 6.07) is 19.2. The van der Waals surface area contributed by atoms with E-state index in [0.717, 1.165) is 33.7 Å². The summed E-state index contributed by atoms with van der Waals surface area (Å²) in [5, 5.41) is 7.33. The van der Waals surface area contributed by atoms with Gasteiger partial charge in [0.15, 0.2) is 0 Å². The van der Waals surface area contributed by atoms with Gasteiger partial charge in [0.1, 0.15) is 23.6 Å². The lowest BCUT2D eigenvalue weighted by molar-refractivity contribution is 0.0919. The lowest BCUT2D eigenvalue weighted by Crippen LogP contribution is -2.40. The second-order valence-corrected chi connectivity index (χ2v) is 9.76. The number of aryl methyl sites for hydroxylation is 1. The van der Waals surface area contributed by atoms with Crippen molar-refractivity contribution in [3.05, 3.63) is 78.1 Å². The molecule has 1 amide bonds. The quantitative estimate of drug-likeness (QED) is 0.357. The second-order valence-electron chi connectivity index (χ2n) is 9.76. The first-order valence-electron chi connectivity index (χ1n) is 11.5. The molecule has 2 N–H and O–H groups in total. The number of carbonyl (C=O) groups is 1. The number of fused-ring (bicyclic) bond motifs is 1. The van der Waals surface area contributed by atoms with E-state index in [2.05, 4.69) is 26.7 Å². The molecule has 7 heteroatoms. The summed E-state index contributed by atoms with van der Waals surface area (Å²) < 4.78 is 6.11. The fourth-order valence-corrected chi connectivity index (χ4v) is 3.64. The molecule has 0 saturated heterocycles. The van der Waals surface area contributed by atoms with Crippen molar-refractivity contribution < 1.29 is 9.53 Å². The van der Waals surface area contributed by atoms with Gasteiger partial charge in [-0.25, -0.2) is 9.97 Å². The fraction of sp³-hybridized carbons (Fsp3) is 0.250. The number of amides is 1. The maximum absolute atomic E-state index is 12.5. The number of hydrogen-bond donors (Lipinski definition) is 2. The molecule has 1 aromatic heterocycles. The first-order valence-corrected chi connectivity index (χ1v) is 11.5. The van der Waals surface area contributed by atoms with Gasteiger partial charge in [0.05, 0.1) is 5.52 Å². The van der Waals surface area contributed by atoms with E-state index in [0.29, 0.717) is 17.1 Å². The van der Waals surface area contributed by atoms with Gasteiger partial charge in [-0.05, 0) is 87.9 Å². The molecular formula is C28H31N5O2. The zero-order valence-electron chi connectivity index (χ0n) is 21.0. The van der Waals surface area contributed by atoms with Crippen molar-refractivity contribution in [3.8, 4) is 11.5 Å². The van der Waals surface area contributed by atoms with Crippen molar-refractivity contribution in [2.24, 2.45) is 0 Å². The molecule has 0 spiro atoms. The van der Waals surface area contributed by atoms with Crippen LogP contribution in [-0.2, 0) is 0 Å². The van der Waals surface area contributed by atoms with E-state index in [4.69, 9.17) is 4.74 Å². The molecule has 1 heterocycles. The maximum atomic E-state index is 12.5. The zero-order valence-corrected chi connectivity index (χ0v) is 21.0. The molecule has 0 aliphatic heterocycles. The minimum atomic E-state index is -0.309. The van der Waals surface area contributed by atoms with Gasteiger partial charge in [-0.3, -0.25) is 4.79 Å².